The zero-order valence-corrected chi connectivity index (χ0v) is 6.53. The molecule has 2 rings (SSSR count). The molecule has 0 unspecified atom stereocenters. The van der Waals surface area contributed by atoms with Crippen LogP contribution in [0.4, 0.5) is 0 Å². The van der Waals surface area contributed by atoms with Gasteiger partial charge in [0.05, 0.1) is 0 Å². The molecule has 0 N–H and O–H groups in total. The molecule has 2 aromatic rings. The van der Waals surface area contributed by atoms with Gasteiger partial charge in [-0.15, -0.1) is 0 Å². The molecule has 0 radical (unpaired) electrons. The van der Waals surface area contributed by atoms with Crippen LogP contribution in [-0.4, -0.2) is 44.0 Å². The monoisotopic (exact) mass is 198 g/mol. The van der Waals surface area contributed by atoms with Crippen molar-refractivity contribution >= 4 is 54.8 Å². The van der Waals surface area contributed by atoms with Crippen LogP contribution in [-0.2, 0) is 0 Å². The fourth-order valence-corrected chi connectivity index (χ4v) is 1.35. The Morgan fingerprint density at radius 1 is 0.923 bits per heavy atom. The molecule has 2 aromatic carbocycles. The molecule has 0 spiro atoms. The first-order valence-electron chi connectivity index (χ1n) is 3.85. The van der Waals surface area contributed by atoms with E-state index in [1.54, 1.807) is 0 Å². The Morgan fingerprint density at radius 2 is 1.62 bits per heavy atom. The molecule has 62 valence electrons. The molecule has 0 amide bonds. The van der Waals surface area contributed by atoms with E-state index in [-0.39, 0.29) is 37.7 Å². The number of carbonyl (C=O) groups is 1. The molecule has 0 aromatic heterocycles. The molecule has 0 aliphatic heterocycles. The van der Waals surface area contributed by atoms with Gasteiger partial charge in [-0.2, -0.15) is 0 Å². The zero-order valence-electron chi connectivity index (χ0n) is 6.53. The van der Waals surface area contributed by atoms with Crippen LogP contribution in [0.5, 0.6) is 0 Å². The third-order valence-electron chi connectivity index (χ3n) is 1.95. The second-order valence-corrected chi connectivity index (χ2v) is 2.69. The van der Waals surface area contributed by atoms with Crippen molar-refractivity contribution in [2.75, 3.05) is 0 Å². The van der Waals surface area contributed by atoms with Gasteiger partial charge in [-0.1, -0.05) is 42.5 Å². The molecule has 0 saturated heterocycles. The van der Waals surface area contributed by atoms with Gasteiger partial charge < -0.3 is 0 Å². The second-order valence-electron chi connectivity index (χ2n) is 2.69. The van der Waals surface area contributed by atoms with Crippen molar-refractivity contribution in [1.82, 2.24) is 0 Å². The summed E-state index contributed by atoms with van der Waals surface area (Å²) < 4.78 is 0. The Balaban J connectivity index is 0.000000845. The summed E-state index contributed by atoms with van der Waals surface area (Å²) in [4.78, 5) is 10.6. The number of rotatable bonds is 1. The standard InChI is InChI=1S/C11H8O.Ca.2H/c12-8-10-6-3-5-9-4-1-2-7-11(9)10;;;/h1-8H;;;. The fourth-order valence-electron chi connectivity index (χ4n) is 1.35. The molecule has 0 fully saturated rings. The van der Waals surface area contributed by atoms with Crippen molar-refractivity contribution in [1.29, 1.82) is 0 Å². The Morgan fingerprint density at radius 3 is 2.38 bits per heavy atom. The summed E-state index contributed by atoms with van der Waals surface area (Å²) in [7, 11) is 0. The van der Waals surface area contributed by atoms with Crippen LogP contribution >= 0.6 is 0 Å². The quantitative estimate of drug-likeness (QED) is 0.504. The first kappa shape index (κ1) is 10.7. The fraction of sp³-hybridized carbons (Fsp3) is 0. The van der Waals surface area contributed by atoms with Crippen molar-refractivity contribution < 1.29 is 4.79 Å². The predicted octanol–water partition coefficient (Wildman–Crippen LogP) is 1.74. The van der Waals surface area contributed by atoms with E-state index in [0.717, 1.165) is 22.6 Å². The van der Waals surface area contributed by atoms with Gasteiger partial charge in [0, 0.05) is 5.56 Å². The molecule has 0 atom stereocenters. The molecule has 0 bridgehead atoms. The van der Waals surface area contributed by atoms with Gasteiger partial charge >= 0.3 is 37.7 Å². The van der Waals surface area contributed by atoms with Crippen molar-refractivity contribution in [3.63, 3.8) is 0 Å². The van der Waals surface area contributed by atoms with Gasteiger partial charge in [0.2, 0.25) is 0 Å². The predicted molar refractivity (Wildman–Crippen MR) is 57.9 cm³/mol. The van der Waals surface area contributed by atoms with E-state index in [2.05, 4.69) is 0 Å². The third-order valence-corrected chi connectivity index (χ3v) is 1.95. The maximum absolute atomic E-state index is 10.6. The van der Waals surface area contributed by atoms with E-state index in [4.69, 9.17) is 0 Å². The number of aldehydes is 1. The second kappa shape index (κ2) is 4.75. The number of carbonyl (C=O) groups excluding carboxylic acids is 1. The first-order chi connectivity index (χ1) is 5.92. The Labute approximate surface area is 107 Å². The van der Waals surface area contributed by atoms with Crippen LogP contribution in [0.2, 0.25) is 0 Å². The number of hydrogen-bond donors (Lipinski definition) is 0. The number of hydrogen-bond acceptors (Lipinski definition) is 1. The van der Waals surface area contributed by atoms with Gasteiger partial charge in [-0.25, -0.2) is 0 Å². The van der Waals surface area contributed by atoms with E-state index < -0.39 is 0 Å². The molecule has 0 saturated carbocycles. The van der Waals surface area contributed by atoms with Crippen molar-refractivity contribution in [2.45, 2.75) is 0 Å². The SMILES string of the molecule is O=Cc1cccc2ccccc12.[CaH2]. The Hall–Kier alpha value is -0.370. The van der Waals surface area contributed by atoms with Crippen LogP contribution in [0.3, 0.4) is 0 Å². The average Bonchev–Trinajstić information content (AvgIpc) is 2.17. The van der Waals surface area contributed by atoms with E-state index >= 15 is 0 Å². The van der Waals surface area contributed by atoms with Crippen LogP contribution in [0.15, 0.2) is 42.5 Å². The van der Waals surface area contributed by atoms with Crippen LogP contribution in [0.25, 0.3) is 10.8 Å². The molecule has 2 heteroatoms. The van der Waals surface area contributed by atoms with E-state index in [1.165, 1.54) is 0 Å². The average molecular weight is 198 g/mol. The topological polar surface area (TPSA) is 17.1 Å². The number of benzene rings is 2. The summed E-state index contributed by atoms with van der Waals surface area (Å²) in [6, 6.07) is 13.6. The molecule has 0 heterocycles. The van der Waals surface area contributed by atoms with Gasteiger partial charge in [0.15, 0.2) is 6.29 Å². The third kappa shape index (κ3) is 2.11. The zero-order chi connectivity index (χ0) is 8.39. The summed E-state index contributed by atoms with van der Waals surface area (Å²) in [5.41, 5.74) is 0.758. The molecule has 0 aliphatic carbocycles. The summed E-state index contributed by atoms with van der Waals surface area (Å²) in [5.74, 6) is 0. The Kier molecular flexibility index (Phi) is 3.91. The van der Waals surface area contributed by atoms with Gasteiger partial charge in [0.1, 0.15) is 0 Å². The molecular formula is C11H10CaO. The molecule has 0 aliphatic rings. The summed E-state index contributed by atoms with van der Waals surface area (Å²) in [5, 5.41) is 2.14. The van der Waals surface area contributed by atoms with Crippen molar-refractivity contribution in [3.05, 3.63) is 48.0 Å². The van der Waals surface area contributed by atoms with Crippen molar-refractivity contribution in [2.24, 2.45) is 0 Å². The molecule has 1 nitrogen and oxygen atoms in total. The van der Waals surface area contributed by atoms with Gasteiger partial charge in [-0.3, -0.25) is 4.79 Å². The van der Waals surface area contributed by atoms with Gasteiger partial charge in [0.25, 0.3) is 0 Å². The van der Waals surface area contributed by atoms with E-state index in [0.29, 0.717) is 0 Å². The summed E-state index contributed by atoms with van der Waals surface area (Å²) in [6.07, 6.45) is 0.891. The molecule has 13 heavy (non-hydrogen) atoms. The van der Waals surface area contributed by atoms with Crippen LogP contribution in [0.1, 0.15) is 10.4 Å². The Bertz CT molecular complexity index is 418. The minimum atomic E-state index is 0. The van der Waals surface area contributed by atoms with Crippen molar-refractivity contribution in [3.8, 4) is 0 Å². The summed E-state index contributed by atoms with van der Waals surface area (Å²) >= 11 is 0. The normalized spacial score (nSPS) is 9.23. The minimum absolute atomic E-state index is 0. The van der Waals surface area contributed by atoms with E-state index in [9.17, 15) is 4.79 Å². The van der Waals surface area contributed by atoms with Crippen LogP contribution < -0.4 is 0 Å². The summed E-state index contributed by atoms with van der Waals surface area (Å²) in [6.45, 7) is 0. The van der Waals surface area contributed by atoms with Gasteiger partial charge in [-0.05, 0) is 10.8 Å². The van der Waals surface area contributed by atoms with E-state index in [1.807, 2.05) is 42.5 Å². The first-order valence-corrected chi connectivity index (χ1v) is 3.85. The maximum atomic E-state index is 10.6. The number of fused-ring (bicyclic) bond motifs is 1. The molecular weight excluding hydrogens is 188 g/mol. The van der Waals surface area contributed by atoms with Crippen LogP contribution in [0, 0.1) is 0 Å².